The normalized spacial score (nSPS) is 33.0. The van der Waals surface area contributed by atoms with Gasteiger partial charge in [0.25, 0.3) is 0 Å². The second-order valence-corrected chi connectivity index (χ2v) is 7.94. The number of rotatable bonds is 6. The molecule has 1 saturated carbocycles. The summed E-state index contributed by atoms with van der Waals surface area (Å²) < 4.78 is 49.5. The minimum absolute atomic E-state index is 0.0403. The van der Waals surface area contributed by atoms with Crippen LogP contribution in [0.15, 0.2) is 0 Å². The maximum atomic E-state index is 12.7. The molecular weight excluding hydrogens is 365 g/mol. The Bertz CT molecular complexity index is 501. The molecule has 1 amide bonds. The molecule has 4 atom stereocenters. The summed E-state index contributed by atoms with van der Waals surface area (Å²) in [6.07, 6.45) is -2.78. The van der Waals surface area contributed by atoms with Gasteiger partial charge in [-0.15, -0.1) is 0 Å². The number of nitrogens with one attached hydrogen (secondary N) is 1. The monoisotopic (exact) mass is 394 g/mol. The fraction of sp³-hybridized carbons (Fsp3) is 0.944. The van der Waals surface area contributed by atoms with Crippen LogP contribution in [-0.2, 0) is 14.3 Å². The molecule has 3 aliphatic rings. The summed E-state index contributed by atoms with van der Waals surface area (Å²) in [5, 5.41) is 12.9. The van der Waals surface area contributed by atoms with Gasteiger partial charge >= 0.3 is 6.18 Å². The number of amides is 1. The molecule has 0 aromatic carbocycles. The van der Waals surface area contributed by atoms with E-state index in [0.29, 0.717) is 25.3 Å². The van der Waals surface area contributed by atoms with Gasteiger partial charge in [-0.05, 0) is 31.6 Å². The first-order valence-electron chi connectivity index (χ1n) is 9.79. The van der Waals surface area contributed by atoms with Crippen molar-refractivity contribution in [2.45, 2.75) is 69.1 Å². The first kappa shape index (κ1) is 20.8. The van der Waals surface area contributed by atoms with E-state index in [-0.39, 0.29) is 56.9 Å². The molecular formula is C18H29F3N2O4. The van der Waals surface area contributed by atoms with Crippen molar-refractivity contribution in [2.24, 2.45) is 5.92 Å². The Morgan fingerprint density at radius 3 is 2.67 bits per heavy atom. The van der Waals surface area contributed by atoms with Crippen molar-refractivity contribution in [2.75, 3.05) is 32.8 Å². The fourth-order valence-electron chi connectivity index (χ4n) is 3.83. The molecule has 3 rings (SSSR count). The van der Waals surface area contributed by atoms with Crippen molar-refractivity contribution >= 4 is 5.91 Å². The van der Waals surface area contributed by atoms with Gasteiger partial charge in [0.15, 0.2) is 0 Å². The van der Waals surface area contributed by atoms with Crippen LogP contribution in [0.4, 0.5) is 13.2 Å². The van der Waals surface area contributed by atoms with Crippen molar-refractivity contribution in [3.8, 4) is 0 Å². The van der Waals surface area contributed by atoms with Crippen molar-refractivity contribution in [1.82, 2.24) is 10.2 Å². The first-order valence-corrected chi connectivity index (χ1v) is 9.79. The van der Waals surface area contributed by atoms with Crippen molar-refractivity contribution in [3.63, 3.8) is 0 Å². The molecule has 2 saturated heterocycles. The molecule has 0 spiro atoms. The molecule has 9 heteroatoms. The number of carbonyl (C=O) groups excluding carboxylic acids is 1. The van der Waals surface area contributed by atoms with Crippen LogP contribution in [0.2, 0.25) is 0 Å². The highest BCUT2D eigenvalue weighted by atomic mass is 19.4. The molecule has 0 unspecified atom stereocenters. The van der Waals surface area contributed by atoms with E-state index in [0.717, 1.165) is 0 Å². The highest BCUT2D eigenvalue weighted by molar-refractivity contribution is 5.76. The summed E-state index contributed by atoms with van der Waals surface area (Å²) >= 11 is 0. The Morgan fingerprint density at radius 1 is 1.19 bits per heavy atom. The number of aliphatic hydroxyl groups is 1. The van der Waals surface area contributed by atoms with Crippen LogP contribution < -0.4 is 5.32 Å². The molecule has 3 fully saturated rings. The van der Waals surface area contributed by atoms with Crippen LogP contribution in [0.3, 0.4) is 0 Å². The number of halogens is 3. The lowest BCUT2D eigenvalue weighted by Crippen LogP contribution is -2.56. The molecule has 2 N–H and O–H groups in total. The van der Waals surface area contributed by atoms with Gasteiger partial charge < -0.3 is 19.9 Å². The van der Waals surface area contributed by atoms with Gasteiger partial charge in [-0.2, -0.15) is 13.2 Å². The highest BCUT2D eigenvalue weighted by Gasteiger charge is 2.39. The van der Waals surface area contributed by atoms with Crippen LogP contribution in [0, 0.1) is 5.92 Å². The zero-order valence-corrected chi connectivity index (χ0v) is 15.4. The van der Waals surface area contributed by atoms with Crippen LogP contribution in [0.25, 0.3) is 0 Å². The van der Waals surface area contributed by atoms with Crippen LogP contribution in [-0.4, -0.2) is 79.3 Å². The minimum atomic E-state index is -4.24. The summed E-state index contributed by atoms with van der Waals surface area (Å²) in [7, 11) is 0. The lowest BCUT2D eigenvalue weighted by molar-refractivity contribution is -0.169. The Hall–Kier alpha value is -0.900. The number of aliphatic hydroxyl groups excluding tert-OH is 1. The third-order valence-electron chi connectivity index (χ3n) is 5.47. The van der Waals surface area contributed by atoms with E-state index in [1.165, 1.54) is 12.8 Å². The second kappa shape index (κ2) is 9.07. The fourth-order valence-corrected chi connectivity index (χ4v) is 3.83. The van der Waals surface area contributed by atoms with Crippen LogP contribution in [0.5, 0.6) is 0 Å². The molecule has 2 heterocycles. The average molecular weight is 394 g/mol. The Morgan fingerprint density at radius 2 is 1.96 bits per heavy atom. The van der Waals surface area contributed by atoms with Crippen LogP contribution >= 0.6 is 0 Å². The first-order chi connectivity index (χ1) is 12.8. The molecule has 0 bridgehead atoms. The summed E-state index contributed by atoms with van der Waals surface area (Å²) in [5.74, 6) is 0.569. The number of ether oxygens (including phenoxy) is 2. The standard InChI is InChI=1S/C18H29F3N2O4/c19-18(20,21)5-6-23-9-13(24)10-26-11-16-15(23)4-3-14(27-16)7-17(25)22-8-12-1-2-12/h12-16,24H,1-11H2,(H,22,25)/t13-,14+,15-,16+/m1/s1. The average Bonchev–Trinajstić information content (AvgIpc) is 3.39. The number of β-amino-alcohol motifs (C(OH)–C–C–N with tert-alkyl or cyclic N) is 1. The molecule has 27 heavy (non-hydrogen) atoms. The van der Waals surface area contributed by atoms with E-state index in [1.54, 1.807) is 4.90 Å². The number of alkyl halides is 3. The van der Waals surface area contributed by atoms with Gasteiger partial charge in [-0.3, -0.25) is 9.69 Å². The third-order valence-corrected chi connectivity index (χ3v) is 5.47. The largest absolute Gasteiger partial charge is 0.390 e. The van der Waals surface area contributed by atoms with E-state index in [9.17, 15) is 23.1 Å². The van der Waals surface area contributed by atoms with Crippen molar-refractivity contribution in [1.29, 1.82) is 0 Å². The molecule has 2 aliphatic heterocycles. The molecule has 1 aliphatic carbocycles. The predicted molar refractivity (Wildman–Crippen MR) is 91.1 cm³/mol. The zero-order chi connectivity index (χ0) is 19.4. The molecule has 156 valence electrons. The number of hydrogen-bond donors (Lipinski definition) is 2. The number of carbonyl (C=O) groups is 1. The maximum Gasteiger partial charge on any atom is 0.390 e. The molecule has 0 aromatic rings. The van der Waals surface area contributed by atoms with Crippen LogP contribution in [0.1, 0.15) is 38.5 Å². The number of hydrogen-bond acceptors (Lipinski definition) is 5. The second-order valence-electron chi connectivity index (χ2n) is 7.94. The third kappa shape index (κ3) is 6.89. The van der Waals surface area contributed by atoms with E-state index >= 15 is 0 Å². The van der Waals surface area contributed by atoms with Gasteiger partial charge in [0, 0.05) is 25.7 Å². The summed E-state index contributed by atoms with van der Waals surface area (Å²) in [6, 6.07) is -0.243. The number of fused-ring (bicyclic) bond motifs is 1. The lowest BCUT2D eigenvalue weighted by Gasteiger charge is -2.44. The maximum absolute atomic E-state index is 12.7. The van der Waals surface area contributed by atoms with E-state index in [2.05, 4.69) is 5.32 Å². The minimum Gasteiger partial charge on any atom is -0.389 e. The lowest BCUT2D eigenvalue weighted by atomic mass is 9.94. The molecule has 0 aromatic heterocycles. The van der Waals surface area contributed by atoms with Gasteiger partial charge in [-0.25, -0.2) is 0 Å². The summed E-state index contributed by atoms with van der Waals surface area (Å²) in [4.78, 5) is 13.7. The Labute approximate surface area is 157 Å². The zero-order valence-electron chi connectivity index (χ0n) is 15.4. The molecule has 6 nitrogen and oxygen atoms in total. The number of nitrogens with zero attached hydrogens (tertiary/aromatic N) is 1. The van der Waals surface area contributed by atoms with Gasteiger partial charge in [0.1, 0.15) is 0 Å². The predicted octanol–water partition coefficient (Wildman–Crippen LogP) is 1.46. The van der Waals surface area contributed by atoms with E-state index in [1.807, 2.05) is 0 Å². The SMILES string of the molecule is O=C(C[C@@H]1CC[C@@H]2[C@H](COC[C@H](O)CN2CCC(F)(F)F)O1)NCC1CC1. The van der Waals surface area contributed by atoms with Crippen molar-refractivity contribution < 1.29 is 32.5 Å². The topological polar surface area (TPSA) is 71.0 Å². The quantitative estimate of drug-likeness (QED) is 0.714. The van der Waals surface area contributed by atoms with Gasteiger partial charge in [-0.1, -0.05) is 0 Å². The smallest absolute Gasteiger partial charge is 0.389 e. The summed E-state index contributed by atoms with van der Waals surface area (Å²) in [6.45, 7) is 0.959. The Balaban J connectivity index is 1.54. The van der Waals surface area contributed by atoms with Gasteiger partial charge in [0.05, 0.1) is 44.4 Å². The van der Waals surface area contributed by atoms with E-state index < -0.39 is 18.7 Å². The van der Waals surface area contributed by atoms with Crippen molar-refractivity contribution in [3.05, 3.63) is 0 Å². The highest BCUT2D eigenvalue weighted by Crippen LogP contribution is 2.30. The molecule has 0 radical (unpaired) electrons. The Kier molecular flexibility index (Phi) is 6.99. The summed E-state index contributed by atoms with van der Waals surface area (Å²) in [5.41, 5.74) is 0. The van der Waals surface area contributed by atoms with Gasteiger partial charge in [0.2, 0.25) is 5.91 Å². The van der Waals surface area contributed by atoms with E-state index in [4.69, 9.17) is 9.47 Å².